The molecule has 2 aromatic heterocycles. The summed E-state index contributed by atoms with van der Waals surface area (Å²) in [7, 11) is 0. The highest BCUT2D eigenvalue weighted by Crippen LogP contribution is 2.40. The van der Waals surface area contributed by atoms with Crippen molar-refractivity contribution in [1.82, 2.24) is 15.3 Å². The first-order valence-corrected chi connectivity index (χ1v) is 9.70. The van der Waals surface area contributed by atoms with Gasteiger partial charge in [-0.25, -0.2) is 9.37 Å². The Hall–Kier alpha value is -3.02. The van der Waals surface area contributed by atoms with Crippen LogP contribution < -0.4 is 5.32 Å². The van der Waals surface area contributed by atoms with E-state index < -0.39 is 5.82 Å². The monoisotopic (exact) mass is 377 g/mol. The molecule has 1 amide bonds. The lowest BCUT2D eigenvalue weighted by Gasteiger charge is -2.21. The van der Waals surface area contributed by atoms with Crippen LogP contribution >= 0.6 is 0 Å². The molecular formula is C22H20FN3O2. The Morgan fingerprint density at radius 1 is 1.18 bits per heavy atom. The molecule has 0 bridgehead atoms. The third-order valence-electron chi connectivity index (χ3n) is 5.37. The minimum absolute atomic E-state index is 0.234. The molecule has 0 saturated heterocycles. The first kappa shape index (κ1) is 17.1. The highest BCUT2D eigenvalue weighted by atomic mass is 19.1. The number of aryl methyl sites for hydroxylation is 1. The number of nitrogens with one attached hydrogen (secondary N) is 1. The van der Waals surface area contributed by atoms with Gasteiger partial charge in [0.25, 0.3) is 5.91 Å². The fraction of sp³-hybridized carbons (Fsp3) is 0.318. The van der Waals surface area contributed by atoms with Crippen LogP contribution in [0.5, 0.6) is 0 Å². The maximum absolute atomic E-state index is 13.4. The summed E-state index contributed by atoms with van der Waals surface area (Å²) in [5.41, 5.74) is 3.08. The number of aromatic nitrogens is 2. The number of pyridine rings is 1. The Kier molecular flexibility index (Phi) is 4.19. The number of hydrogen-bond acceptors (Lipinski definition) is 4. The third kappa shape index (κ3) is 3.30. The second-order valence-electron chi connectivity index (χ2n) is 7.50. The summed E-state index contributed by atoms with van der Waals surface area (Å²) >= 11 is 0. The van der Waals surface area contributed by atoms with E-state index in [-0.39, 0.29) is 11.9 Å². The second kappa shape index (κ2) is 6.86. The zero-order valence-electron chi connectivity index (χ0n) is 15.3. The normalized spacial score (nSPS) is 18.5. The Balaban J connectivity index is 1.41. The molecule has 0 unspecified atom stereocenters. The van der Waals surface area contributed by atoms with Crippen molar-refractivity contribution >= 4 is 5.91 Å². The Morgan fingerprint density at radius 2 is 2.07 bits per heavy atom. The average molecular weight is 377 g/mol. The van der Waals surface area contributed by atoms with Gasteiger partial charge in [-0.05, 0) is 56.0 Å². The standard InChI is InChI=1S/C22H20FN3O2/c23-16-4-1-3-14(11-16)21(27)25-17-5-2-6-19-20(17)26-22(28-19)15-9-10-24-18(12-15)13-7-8-13/h1,3-4,9-13,17H,2,5-8H2,(H,25,27)/t17-/m0/s1. The van der Waals surface area contributed by atoms with E-state index in [2.05, 4.69) is 16.4 Å². The van der Waals surface area contributed by atoms with E-state index in [0.29, 0.717) is 17.4 Å². The maximum Gasteiger partial charge on any atom is 0.251 e. The summed E-state index contributed by atoms with van der Waals surface area (Å²) in [5, 5.41) is 2.98. The summed E-state index contributed by atoms with van der Waals surface area (Å²) in [6.45, 7) is 0. The van der Waals surface area contributed by atoms with Crippen LogP contribution in [0, 0.1) is 5.82 Å². The fourth-order valence-electron chi connectivity index (χ4n) is 3.74. The predicted molar refractivity (Wildman–Crippen MR) is 101 cm³/mol. The van der Waals surface area contributed by atoms with Crippen molar-refractivity contribution in [3.8, 4) is 11.5 Å². The number of fused-ring (bicyclic) bond motifs is 1. The van der Waals surface area contributed by atoms with E-state index in [9.17, 15) is 9.18 Å². The number of amides is 1. The molecule has 142 valence electrons. The highest BCUT2D eigenvalue weighted by molar-refractivity contribution is 5.94. The van der Waals surface area contributed by atoms with Gasteiger partial charge in [0, 0.05) is 35.4 Å². The number of halogens is 1. The summed E-state index contributed by atoms with van der Waals surface area (Å²) in [6.07, 6.45) is 6.66. The van der Waals surface area contributed by atoms with Crippen molar-refractivity contribution in [2.45, 2.75) is 44.1 Å². The zero-order chi connectivity index (χ0) is 19.1. The van der Waals surface area contributed by atoms with Crippen LogP contribution in [-0.4, -0.2) is 15.9 Å². The second-order valence-corrected chi connectivity index (χ2v) is 7.50. The molecule has 3 aromatic rings. The van der Waals surface area contributed by atoms with Crippen LogP contribution in [0.3, 0.4) is 0 Å². The summed E-state index contributed by atoms with van der Waals surface area (Å²) in [4.78, 5) is 21.7. The molecule has 0 spiro atoms. The summed E-state index contributed by atoms with van der Waals surface area (Å²) < 4.78 is 19.5. The van der Waals surface area contributed by atoms with Gasteiger partial charge in [-0.3, -0.25) is 9.78 Å². The molecule has 2 heterocycles. The molecule has 2 aliphatic carbocycles. The molecule has 6 heteroatoms. The Morgan fingerprint density at radius 3 is 2.89 bits per heavy atom. The number of oxazole rings is 1. The number of carbonyl (C=O) groups is 1. The summed E-state index contributed by atoms with van der Waals surface area (Å²) in [6, 6.07) is 9.42. The van der Waals surface area contributed by atoms with Crippen LogP contribution in [0.4, 0.5) is 4.39 Å². The highest BCUT2D eigenvalue weighted by Gasteiger charge is 2.29. The van der Waals surface area contributed by atoms with Crippen LogP contribution in [0.25, 0.3) is 11.5 Å². The third-order valence-corrected chi connectivity index (χ3v) is 5.37. The van der Waals surface area contributed by atoms with Gasteiger partial charge in [-0.15, -0.1) is 0 Å². The van der Waals surface area contributed by atoms with E-state index in [1.54, 1.807) is 12.3 Å². The number of rotatable bonds is 4. The number of nitrogens with zero attached hydrogens (tertiary/aromatic N) is 2. The molecule has 1 aromatic carbocycles. The van der Waals surface area contributed by atoms with Crippen molar-refractivity contribution < 1.29 is 13.6 Å². The number of carbonyl (C=O) groups excluding carboxylic acids is 1. The van der Waals surface area contributed by atoms with Gasteiger partial charge >= 0.3 is 0 Å². The van der Waals surface area contributed by atoms with Crippen molar-refractivity contribution in [2.75, 3.05) is 0 Å². The smallest absolute Gasteiger partial charge is 0.251 e. The topological polar surface area (TPSA) is 68.0 Å². The molecule has 1 saturated carbocycles. The van der Waals surface area contributed by atoms with Gasteiger partial charge in [-0.2, -0.15) is 0 Å². The largest absolute Gasteiger partial charge is 0.441 e. The molecule has 0 radical (unpaired) electrons. The molecule has 1 N–H and O–H groups in total. The molecule has 0 aliphatic heterocycles. The van der Waals surface area contributed by atoms with Gasteiger partial charge in [0.1, 0.15) is 17.3 Å². The fourth-order valence-corrected chi connectivity index (χ4v) is 3.74. The van der Waals surface area contributed by atoms with Crippen LogP contribution in [-0.2, 0) is 6.42 Å². The number of benzene rings is 1. The van der Waals surface area contributed by atoms with Crippen molar-refractivity contribution in [1.29, 1.82) is 0 Å². The van der Waals surface area contributed by atoms with E-state index in [4.69, 9.17) is 9.40 Å². The lowest BCUT2D eigenvalue weighted by molar-refractivity contribution is 0.0931. The average Bonchev–Trinajstić information content (AvgIpc) is 3.47. The molecule has 1 atom stereocenters. The SMILES string of the molecule is O=C(N[C@H]1CCCc2oc(-c3ccnc(C4CC4)c3)nc21)c1cccc(F)c1. The Labute approximate surface area is 162 Å². The van der Waals surface area contributed by atoms with Gasteiger partial charge < -0.3 is 9.73 Å². The molecule has 1 fully saturated rings. The maximum atomic E-state index is 13.4. The first-order chi connectivity index (χ1) is 13.7. The molecule has 5 rings (SSSR count). The lowest BCUT2D eigenvalue weighted by Crippen LogP contribution is -2.31. The number of hydrogen-bond donors (Lipinski definition) is 1. The summed E-state index contributed by atoms with van der Waals surface area (Å²) in [5.74, 6) is 1.21. The predicted octanol–water partition coefficient (Wildman–Crippen LogP) is 4.56. The van der Waals surface area contributed by atoms with E-state index in [1.165, 1.54) is 31.0 Å². The minimum Gasteiger partial charge on any atom is -0.441 e. The Bertz CT molecular complexity index is 1040. The van der Waals surface area contributed by atoms with E-state index >= 15 is 0 Å². The van der Waals surface area contributed by atoms with Gasteiger partial charge in [0.05, 0.1) is 6.04 Å². The van der Waals surface area contributed by atoms with Crippen molar-refractivity contribution in [2.24, 2.45) is 0 Å². The molecular weight excluding hydrogens is 357 g/mol. The molecule has 5 nitrogen and oxygen atoms in total. The quantitative estimate of drug-likeness (QED) is 0.724. The van der Waals surface area contributed by atoms with Crippen LogP contribution in [0.1, 0.15) is 65.1 Å². The minimum atomic E-state index is -0.426. The first-order valence-electron chi connectivity index (χ1n) is 9.70. The van der Waals surface area contributed by atoms with Crippen LogP contribution in [0.2, 0.25) is 0 Å². The zero-order valence-corrected chi connectivity index (χ0v) is 15.3. The van der Waals surface area contributed by atoms with Gasteiger partial charge in [-0.1, -0.05) is 6.07 Å². The molecule has 28 heavy (non-hydrogen) atoms. The van der Waals surface area contributed by atoms with Crippen molar-refractivity contribution in [3.05, 3.63) is 71.1 Å². The lowest BCUT2D eigenvalue weighted by atomic mass is 9.96. The van der Waals surface area contributed by atoms with Crippen molar-refractivity contribution in [3.63, 3.8) is 0 Å². The van der Waals surface area contributed by atoms with Gasteiger partial charge in [0.15, 0.2) is 0 Å². The molecule has 2 aliphatic rings. The van der Waals surface area contributed by atoms with E-state index in [0.717, 1.165) is 42.0 Å². The van der Waals surface area contributed by atoms with E-state index in [1.807, 2.05) is 6.07 Å². The van der Waals surface area contributed by atoms with Crippen LogP contribution in [0.15, 0.2) is 47.0 Å². The van der Waals surface area contributed by atoms with Gasteiger partial charge in [0.2, 0.25) is 5.89 Å².